The van der Waals surface area contributed by atoms with Gasteiger partial charge in [0, 0.05) is 21.8 Å². The van der Waals surface area contributed by atoms with Gasteiger partial charge in [0.25, 0.3) is 5.91 Å². The van der Waals surface area contributed by atoms with Crippen molar-refractivity contribution in [2.75, 3.05) is 0 Å². The van der Waals surface area contributed by atoms with Crippen molar-refractivity contribution in [2.24, 2.45) is 5.10 Å². The molecule has 176 valence electrons. The quantitative estimate of drug-likeness (QED) is 0.183. The first-order chi connectivity index (χ1) is 17.6. The zero-order chi connectivity index (χ0) is 24.9. The molecule has 1 N–H and O–H groups in total. The van der Waals surface area contributed by atoms with Crippen LogP contribution in [0.3, 0.4) is 0 Å². The Hall–Kier alpha value is -4.12. The van der Waals surface area contributed by atoms with E-state index in [1.54, 1.807) is 30.3 Å². The van der Waals surface area contributed by atoms with Gasteiger partial charge in [-0.2, -0.15) is 5.10 Å². The number of benzene rings is 4. The fourth-order valence-electron chi connectivity index (χ4n) is 3.98. The normalized spacial score (nSPS) is 11.1. The lowest BCUT2D eigenvalue weighted by molar-refractivity contribution is 0.0955. The lowest BCUT2D eigenvalue weighted by Crippen LogP contribution is -2.17. The van der Waals surface area contributed by atoms with E-state index in [2.05, 4.69) is 51.5 Å². The predicted molar refractivity (Wildman–Crippen MR) is 148 cm³/mol. The van der Waals surface area contributed by atoms with Gasteiger partial charge in [0.1, 0.15) is 0 Å². The lowest BCUT2D eigenvalue weighted by atomic mass is 10.1. The van der Waals surface area contributed by atoms with Crippen molar-refractivity contribution in [3.63, 3.8) is 0 Å². The van der Waals surface area contributed by atoms with E-state index in [-0.39, 0.29) is 5.91 Å². The Bertz CT molecular complexity index is 1470. The lowest BCUT2D eigenvalue weighted by Gasteiger charge is -2.15. The second-order valence-corrected chi connectivity index (χ2v) is 8.93. The molecule has 1 heterocycles. The monoisotopic (exact) mass is 509 g/mol. The zero-order valence-corrected chi connectivity index (χ0v) is 20.6. The van der Waals surface area contributed by atoms with Crippen molar-refractivity contribution in [2.45, 2.75) is 0 Å². The van der Waals surface area contributed by atoms with Gasteiger partial charge in [-0.15, -0.1) is 0 Å². The summed E-state index contributed by atoms with van der Waals surface area (Å²) in [5.74, 6) is -0.318. The van der Waals surface area contributed by atoms with Crippen LogP contribution >= 0.6 is 23.2 Å². The Morgan fingerprint density at radius 2 is 1.31 bits per heavy atom. The van der Waals surface area contributed by atoms with E-state index >= 15 is 0 Å². The third-order valence-corrected chi connectivity index (χ3v) is 6.30. The highest BCUT2D eigenvalue weighted by atomic mass is 35.5. The first kappa shape index (κ1) is 23.6. The molecule has 0 aliphatic carbocycles. The number of amides is 1. The highest BCUT2D eigenvalue weighted by Crippen LogP contribution is 2.32. The summed E-state index contributed by atoms with van der Waals surface area (Å²) in [6.45, 7) is 0. The van der Waals surface area contributed by atoms with Crippen LogP contribution < -0.4 is 5.43 Å². The number of rotatable bonds is 6. The standard InChI is InChI=1S/C30H21Cl2N3O/c31-25-14-11-24(27(32)19-25)20-33-34-30(36)23-12-15-26(16-13-23)35-28(21-7-3-1-4-8-21)17-18-29(35)22-9-5-2-6-10-22/h1-20H,(H,34,36)/b33-20-. The molecular formula is C30H21Cl2N3O. The van der Waals surface area contributed by atoms with E-state index < -0.39 is 0 Å². The number of nitrogens with one attached hydrogen (secondary N) is 1. The maximum absolute atomic E-state index is 12.7. The second kappa shape index (κ2) is 10.6. The molecule has 1 amide bonds. The van der Waals surface area contributed by atoms with Gasteiger partial charge < -0.3 is 4.57 Å². The van der Waals surface area contributed by atoms with Crippen molar-refractivity contribution in [1.82, 2.24) is 9.99 Å². The van der Waals surface area contributed by atoms with Crippen LogP contribution in [-0.2, 0) is 0 Å². The van der Waals surface area contributed by atoms with Gasteiger partial charge in [0.05, 0.1) is 22.6 Å². The summed E-state index contributed by atoms with van der Waals surface area (Å²) < 4.78 is 2.20. The number of nitrogens with zero attached hydrogens (tertiary/aromatic N) is 2. The average molecular weight is 510 g/mol. The Morgan fingerprint density at radius 3 is 1.86 bits per heavy atom. The van der Waals surface area contributed by atoms with Gasteiger partial charge in [0.15, 0.2) is 0 Å². The number of halogens is 2. The summed E-state index contributed by atoms with van der Waals surface area (Å²) in [5.41, 5.74) is 9.00. The van der Waals surface area contributed by atoms with E-state index in [0.717, 1.165) is 28.2 Å². The number of hydrazone groups is 1. The fraction of sp³-hybridized carbons (Fsp3) is 0. The largest absolute Gasteiger partial charge is 0.309 e. The van der Waals surface area contributed by atoms with Crippen molar-refractivity contribution in [1.29, 1.82) is 0 Å². The summed E-state index contributed by atoms with van der Waals surface area (Å²) in [6, 6.07) is 37.3. The maximum atomic E-state index is 12.7. The molecule has 0 radical (unpaired) electrons. The Labute approximate surface area is 219 Å². The fourth-order valence-corrected chi connectivity index (χ4v) is 4.43. The third-order valence-electron chi connectivity index (χ3n) is 5.74. The molecule has 0 spiro atoms. The molecule has 0 atom stereocenters. The van der Waals surface area contributed by atoms with E-state index in [1.165, 1.54) is 6.21 Å². The molecule has 5 aromatic rings. The molecule has 36 heavy (non-hydrogen) atoms. The molecule has 0 bridgehead atoms. The summed E-state index contributed by atoms with van der Waals surface area (Å²) in [5, 5.41) is 5.03. The third kappa shape index (κ3) is 5.10. The maximum Gasteiger partial charge on any atom is 0.271 e. The molecule has 0 aliphatic rings. The molecule has 4 nitrogen and oxygen atoms in total. The minimum absolute atomic E-state index is 0.318. The topological polar surface area (TPSA) is 46.4 Å². The van der Waals surface area contributed by atoms with Crippen LogP contribution in [0.5, 0.6) is 0 Å². The molecule has 1 aromatic heterocycles. The van der Waals surface area contributed by atoms with Crippen LogP contribution in [0.25, 0.3) is 28.2 Å². The number of carbonyl (C=O) groups excluding carboxylic acids is 1. The predicted octanol–water partition coefficient (Wildman–Crippen LogP) is 7.88. The molecule has 0 fully saturated rings. The molecule has 0 saturated heterocycles. The van der Waals surface area contributed by atoms with Crippen molar-refractivity contribution >= 4 is 35.3 Å². The molecule has 6 heteroatoms. The Balaban J connectivity index is 1.42. The number of hydrogen-bond acceptors (Lipinski definition) is 2. The Morgan fingerprint density at radius 1 is 0.722 bits per heavy atom. The minimum Gasteiger partial charge on any atom is -0.309 e. The molecular weight excluding hydrogens is 489 g/mol. The Kier molecular flexibility index (Phi) is 6.99. The average Bonchev–Trinajstić information content (AvgIpc) is 3.36. The van der Waals surface area contributed by atoms with Crippen LogP contribution in [0.15, 0.2) is 120 Å². The van der Waals surface area contributed by atoms with Gasteiger partial charge >= 0.3 is 0 Å². The van der Waals surface area contributed by atoms with Gasteiger partial charge in [-0.05, 0) is 59.7 Å². The minimum atomic E-state index is -0.318. The van der Waals surface area contributed by atoms with Gasteiger partial charge in [0.2, 0.25) is 0 Å². The highest BCUT2D eigenvalue weighted by molar-refractivity contribution is 6.36. The highest BCUT2D eigenvalue weighted by Gasteiger charge is 2.14. The van der Waals surface area contributed by atoms with E-state index in [1.807, 2.05) is 48.5 Å². The van der Waals surface area contributed by atoms with Crippen LogP contribution in [0.1, 0.15) is 15.9 Å². The van der Waals surface area contributed by atoms with Crippen LogP contribution in [-0.4, -0.2) is 16.7 Å². The first-order valence-electron chi connectivity index (χ1n) is 11.3. The van der Waals surface area contributed by atoms with E-state index in [4.69, 9.17) is 23.2 Å². The van der Waals surface area contributed by atoms with Crippen molar-refractivity contribution in [3.05, 3.63) is 136 Å². The van der Waals surface area contributed by atoms with Crippen LogP contribution in [0.2, 0.25) is 10.0 Å². The first-order valence-corrected chi connectivity index (χ1v) is 12.1. The molecule has 5 rings (SSSR count). The van der Waals surface area contributed by atoms with Crippen LogP contribution in [0, 0.1) is 0 Å². The zero-order valence-electron chi connectivity index (χ0n) is 19.1. The SMILES string of the molecule is O=C(N/N=C\c1ccc(Cl)cc1Cl)c1ccc(-n2c(-c3ccccc3)ccc2-c2ccccc2)cc1. The van der Waals surface area contributed by atoms with E-state index in [9.17, 15) is 4.79 Å². The molecule has 0 unspecified atom stereocenters. The summed E-state index contributed by atoms with van der Waals surface area (Å²) in [4.78, 5) is 12.7. The summed E-state index contributed by atoms with van der Waals surface area (Å²) in [7, 11) is 0. The second-order valence-electron chi connectivity index (χ2n) is 8.08. The molecule has 0 saturated carbocycles. The van der Waals surface area contributed by atoms with Gasteiger partial charge in [-0.3, -0.25) is 4.79 Å². The summed E-state index contributed by atoms with van der Waals surface area (Å²) in [6.07, 6.45) is 1.49. The van der Waals surface area contributed by atoms with Gasteiger partial charge in [-0.1, -0.05) is 89.9 Å². The number of aromatic nitrogens is 1. The van der Waals surface area contributed by atoms with E-state index in [0.29, 0.717) is 21.2 Å². The van der Waals surface area contributed by atoms with Gasteiger partial charge in [-0.25, -0.2) is 5.43 Å². The molecule has 4 aromatic carbocycles. The summed E-state index contributed by atoms with van der Waals surface area (Å²) >= 11 is 12.1. The van der Waals surface area contributed by atoms with Crippen molar-refractivity contribution < 1.29 is 4.79 Å². The molecule has 0 aliphatic heterocycles. The number of carbonyl (C=O) groups is 1. The van der Waals surface area contributed by atoms with Crippen molar-refractivity contribution in [3.8, 4) is 28.2 Å². The van der Waals surface area contributed by atoms with Crippen LogP contribution in [0.4, 0.5) is 0 Å². The number of hydrogen-bond donors (Lipinski definition) is 1. The smallest absolute Gasteiger partial charge is 0.271 e.